The summed E-state index contributed by atoms with van der Waals surface area (Å²) in [5.41, 5.74) is 0.738. The van der Waals surface area contributed by atoms with Crippen LogP contribution in [0.2, 0.25) is 0 Å². The molecule has 6 heteroatoms. The summed E-state index contributed by atoms with van der Waals surface area (Å²) in [6, 6.07) is 5.40. The number of nitrogens with zero attached hydrogens (tertiary/aromatic N) is 3. The molecular weight excluding hydrogens is 268 g/mol. The van der Waals surface area contributed by atoms with Gasteiger partial charge in [-0.15, -0.1) is 0 Å². The molecule has 0 radical (unpaired) electrons. The summed E-state index contributed by atoms with van der Waals surface area (Å²) in [5.74, 6) is 1.57. The van der Waals surface area contributed by atoms with Crippen LogP contribution in [0.25, 0.3) is 0 Å². The number of aromatic nitrogens is 2. The Morgan fingerprint density at radius 3 is 2.62 bits per heavy atom. The fraction of sp³-hybridized carbons (Fsp3) is 0.467. The van der Waals surface area contributed by atoms with E-state index in [-0.39, 0.29) is 5.56 Å². The van der Waals surface area contributed by atoms with Gasteiger partial charge in [-0.3, -0.25) is 4.79 Å². The third-order valence-corrected chi connectivity index (χ3v) is 3.36. The van der Waals surface area contributed by atoms with E-state index in [4.69, 9.17) is 4.42 Å². The molecule has 2 aromatic heterocycles. The molecule has 2 heterocycles. The molecule has 0 saturated heterocycles. The molecule has 1 N–H and O–H groups in total. The first kappa shape index (κ1) is 15.3. The second-order valence-electron chi connectivity index (χ2n) is 4.78. The molecule has 0 unspecified atom stereocenters. The highest BCUT2D eigenvalue weighted by Crippen LogP contribution is 2.10. The maximum atomic E-state index is 12.1. The topological polar surface area (TPSA) is 63.3 Å². The first-order valence-corrected chi connectivity index (χ1v) is 7.22. The lowest BCUT2D eigenvalue weighted by molar-refractivity contribution is 0.431. The van der Waals surface area contributed by atoms with Crippen LogP contribution in [0.5, 0.6) is 0 Å². The Kier molecular flexibility index (Phi) is 5.16. The lowest BCUT2D eigenvalue weighted by atomic mass is 10.3. The van der Waals surface area contributed by atoms with Crippen molar-refractivity contribution in [3.63, 3.8) is 0 Å². The van der Waals surface area contributed by atoms with Crippen molar-refractivity contribution in [3.05, 3.63) is 46.3 Å². The van der Waals surface area contributed by atoms with Crippen LogP contribution in [0.3, 0.4) is 0 Å². The highest BCUT2D eigenvalue weighted by atomic mass is 16.3. The van der Waals surface area contributed by atoms with Crippen molar-refractivity contribution in [1.82, 2.24) is 15.1 Å². The van der Waals surface area contributed by atoms with Crippen LogP contribution in [0.15, 0.2) is 33.6 Å². The zero-order chi connectivity index (χ0) is 15.2. The molecule has 0 aliphatic rings. The van der Waals surface area contributed by atoms with Crippen molar-refractivity contribution < 1.29 is 4.42 Å². The molecule has 6 nitrogen and oxygen atoms in total. The van der Waals surface area contributed by atoms with E-state index in [0.717, 1.165) is 30.3 Å². The number of hydrogen-bond donors (Lipinski definition) is 1. The minimum absolute atomic E-state index is 0.119. The number of anilines is 1. The summed E-state index contributed by atoms with van der Waals surface area (Å²) in [5, 5.41) is 7.25. The van der Waals surface area contributed by atoms with Crippen LogP contribution in [-0.4, -0.2) is 29.9 Å². The summed E-state index contributed by atoms with van der Waals surface area (Å²) < 4.78 is 7.04. The van der Waals surface area contributed by atoms with Gasteiger partial charge in [0.1, 0.15) is 18.1 Å². The van der Waals surface area contributed by atoms with E-state index in [1.54, 1.807) is 12.3 Å². The average Bonchev–Trinajstić information content (AvgIpc) is 2.91. The maximum absolute atomic E-state index is 12.1. The van der Waals surface area contributed by atoms with Crippen molar-refractivity contribution in [2.45, 2.75) is 26.9 Å². The van der Waals surface area contributed by atoms with Gasteiger partial charge in [0, 0.05) is 19.2 Å². The smallest absolute Gasteiger partial charge is 0.269 e. The molecule has 0 bridgehead atoms. The molecule has 2 aromatic rings. The number of rotatable bonds is 7. The zero-order valence-electron chi connectivity index (χ0n) is 12.8. The number of nitrogens with one attached hydrogen (secondary N) is 1. The maximum Gasteiger partial charge on any atom is 0.269 e. The van der Waals surface area contributed by atoms with Gasteiger partial charge < -0.3 is 14.6 Å². The highest BCUT2D eigenvalue weighted by molar-refractivity contribution is 5.42. The third-order valence-electron chi connectivity index (χ3n) is 3.36. The summed E-state index contributed by atoms with van der Waals surface area (Å²) in [4.78, 5) is 14.2. The minimum Gasteiger partial charge on any atom is -0.463 e. The molecule has 0 fully saturated rings. The van der Waals surface area contributed by atoms with Crippen molar-refractivity contribution in [2.75, 3.05) is 25.0 Å². The lowest BCUT2D eigenvalue weighted by Crippen LogP contribution is -2.28. The fourth-order valence-electron chi connectivity index (χ4n) is 2.23. The standard InChI is InChI=1S/C15H22N4O2/c1-4-18(5-2)12-8-15(20)19(17-9-12)11-14-7-6-13(21-14)10-16-3/h6-9,16H,4-5,10-11H2,1-3H3. The second kappa shape index (κ2) is 7.08. The summed E-state index contributed by atoms with van der Waals surface area (Å²) in [6.07, 6.45) is 1.73. The van der Waals surface area contributed by atoms with E-state index in [2.05, 4.69) is 29.2 Å². The van der Waals surface area contributed by atoms with Crippen molar-refractivity contribution in [3.8, 4) is 0 Å². The largest absolute Gasteiger partial charge is 0.463 e. The van der Waals surface area contributed by atoms with Crippen LogP contribution in [0, 0.1) is 0 Å². The van der Waals surface area contributed by atoms with Gasteiger partial charge in [-0.1, -0.05) is 0 Å². The minimum atomic E-state index is -0.119. The van der Waals surface area contributed by atoms with Gasteiger partial charge >= 0.3 is 0 Å². The van der Waals surface area contributed by atoms with Gasteiger partial charge in [0.2, 0.25) is 0 Å². The van der Waals surface area contributed by atoms with Gasteiger partial charge in [0.25, 0.3) is 5.56 Å². The molecule has 0 saturated carbocycles. The Morgan fingerprint density at radius 1 is 1.29 bits per heavy atom. The van der Waals surface area contributed by atoms with Crippen LogP contribution in [0.1, 0.15) is 25.4 Å². The molecule has 0 aliphatic heterocycles. The zero-order valence-corrected chi connectivity index (χ0v) is 12.8. The van der Waals surface area contributed by atoms with Gasteiger partial charge in [0.15, 0.2) is 0 Å². The quantitative estimate of drug-likeness (QED) is 0.836. The molecular formula is C15H22N4O2. The lowest BCUT2D eigenvalue weighted by Gasteiger charge is -2.20. The van der Waals surface area contributed by atoms with Crippen LogP contribution < -0.4 is 15.8 Å². The Balaban J connectivity index is 2.15. The Bertz CT molecular complexity index is 629. The summed E-state index contributed by atoms with van der Waals surface area (Å²) in [6.45, 7) is 6.84. The first-order chi connectivity index (χ1) is 10.2. The second-order valence-corrected chi connectivity index (χ2v) is 4.78. The Hall–Kier alpha value is -2.08. The summed E-state index contributed by atoms with van der Waals surface area (Å²) in [7, 11) is 1.86. The number of furan rings is 1. The molecule has 114 valence electrons. The van der Waals surface area contributed by atoms with Crippen molar-refractivity contribution in [2.24, 2.45) is 0 Å². The van der Waals surface area contributed by atoms with E-state index in [0.29, 0.717) is 13.1 Å². The molecule has 0 aliphatic carbocycles. The fourth-order valence-corrected chi connectivity index (χ4v) is 2.23. The van der Waals surface area contributed by atoms with Gasteiger partial charge in [-0.05, 0) is 33.0 Å². The van der Waals surface area contributed by atoms with E-state index < -0.39 is 0 Å². The van der Waals surface area contributed by atoms with Crippen molar-refractivity contribution >= 4 is 5.69 Å². The van der Waals surface area contributed by atoms with Crippen LogP contribution >= 0.6 is 0 Å². The van der Waals surface area contributed by atoms with E-state index >= 15 is 0 Å². The summed E-state index contributed by atoms with van der Waals surface area (Å²) >= 11 is 0. The molecule has 2 rings (SSSR count). The monoisotopic (exact) mass is 290 g/mol. The molecule has 0 atom stereocenters. The first-order valence-electron chi connectivity index (χ1n) is 7.22. The van der Waals surface area contributed by atoms with Gasteiger partial charge in [0.05, 0.1) is 18.4 Å². The Labute approximate surface area is 124 Å². The van der Waals surface area contributed by atoms with Gasteiger partial charge in [-0.25, -0.2) is 4.68 Å². The van der Waals surface area contributed by atoms with Crippen LogP contribution in [0.4, 0.5) is 5.69 Å². The SMILES string of the molecule is CCN(CC)c1cnn(Cc2ccc(CNC)o2)c(=O)c1. The predicted octanol–water partition coefficient (Wildman–Crippen LogP) is 1.45. The van der Waals surface area contributed by atoms with E-state index in [9.17, 15) is 4.79 Å². The predicted molar refractivity (Wildman–Crippen MR) is 82.6 cm³/mol. The molecule has 0 spiro atoms. The molecule has 21 heavy (non-hydrogen) atoms. The third kappa shape index (κ3) is 3.72. The average molecular weight is 290 g/mol. The normalized spacial score (nSPS) is 10.8. The molecule has 0 aromatic carbocycles. The van der Waals surface area contributed by atoms with E-state index in [1.807, 2.05) is 19.2 Å². The van der Waals surface area contributed by atoms with Crippen molar-refractivity contribution in [1.29, 1.82) is 0 Å². The number of hydrogen-bond acceptors (Lipinski definition) is 5. The van der Waals surface area contributed by atoms with E-state index in [1.165, 1.54) is 4.68 Å². The van der Waals surface area contributed by atoms with Crippen LogP contribution in [-0.2, 0) is 13.1 Å². The van der Waals surface area contributed by atoms with Gasteiger partial charge in [-0.2, -0.15) is 5.10 Å². The highest BCUT2D eigenvalue weighted by Gasteiger charge is 2.08. The Morgan fingerprint density at radius 2 is 2.00 bits per heavy atom. The molecule has 0 amide bonds.